The molecule has 0 bridgehead atoms. The van der Waals surface area contributed by atoms with Gasteiger partial charge in [-0.1, -0.05) is 12.1 Å². The third kappa shape index (κ3) is 4.46. The summed E-state index contributed by atoms with van der Waals surface area (Å²) in [6, 6.07) is 13.4. The fourth-order valence-corrected chi connectivity index (χ4v) is 2.29. The molecular formula is C19H18N4O. The number of pyridine rings is 3. The molecule has 5 nitrogen and oxygen atoms in total. The lowest BCUT2D eigenvalue weighted by Gasteiger charge is -2.06. The van der Waals surface area contributed by atoms with E-state index in [9.17, 15) is 4.79 Å². The second kappa shape index (κ2) is 7.97. The second-order valence-electron chi connectivity index (χ2n) is 5.40. The summed E-state index contributed by atoms with van der Waals surface area (Å²) in [5.74, 6) is 0.0283. The molecule has 0 spiro atoms. The number of hydrogen-bond acceptors (Lipinski definition) is 4. The number of amides is 1. The van der Waals surface area contributed by atoms with Crippen molar-refractivity contribution in [3.8, 4) is 11.4 Å². The van der Waals surface area contributed by atoms with Crippen LogP contribution < -0.4 is 5.32 Å². The molecule has 5 heteroatoms. The minimum Gasteiger partial charge on any atom is -0.352 e. The minimum absolute atomic E-state index is 0.0283. The Morgan fingerprint density at radius 2 is 1.71 bits per heavy atom. The van der Waals surface area contributed by atoms with Crippen molar-refractivity contribution in [1.82, 2.24) is 20.3 Å². The normalized spacial score (nSPS) is 10.3. The van der Waals surface area contributed by atoms with Gasteiger partial charge in [0.15, 0.2) is 0 Å². The van der Waals surface area contributed by atoms with Crippen LogP contribution in [-0.2, 0) is 17.8 Å². The summed E-state index contributed by atoms with van der Waals surface area (Å²) in [5, 5.41) is 2.92. The smallest absolute Gasteiger partial charge is 0.220 e. The first kappa shape index (κ1) is 15.8. The van der Waals surface area contributed by atoms with E-state index in [1.807, 2.05) is 42.5 Å². The molecule has 0 atom stereocenters. The van der Waals surface area contributed by atoms with Crippen LogP contribution in [-0.4, -0.2) is 20.9 Å². The Morgan fingerprint density at radius 3 is 2.42 bits per heavy atom. The Hall–Kier alpha value is -3.08. The van der Waals surface area contributed by atoms with Crippen molar-refractivity contribution in [3.63, 3.8) is 0 Å². The van der Waals surface area contributed by atoms with Crippen LogP contribution in [0.4, 0.5) is 0 Å². The van der Waals surface area contributed by atoms with Crippen molar-refractivity contribution in [2.24, 2.45) is 0 Å². The van der Waals surface area contributed by atoms with E-state index < -0.39 is 0 Å². The van der Waals surface area contributed by atoms with Crippen LogP contribution in [0.2, 0.25) is 0 Å². The van der Waals surface area contributed by atoms with E-state index in [-0.39, 0.29) is 5.91 Å². The summed E-state index contributed by atoms with van der Waals surface area (Å²) in [6.45, 7) is 0.477. The fourth-order valence-electron chi connectivity index (χ4n) is 2.29. The Bertz CT molecular complexity index is 773. The molecule has 0 aliphatic rings. The third-order valence-electron chi connectivity index (χ3n) is 3.63. The zero-order chi connectivity index (χ0) is 16.6. The lowest BCUT2D eigenvalue weighted by molar-refractivity contribution is -0.121. The Kier molecular flexibility index (Phi) is 5.24. The molecule has 3 rings (SSSR count). The molecule has 1 N–H and O–H groups in total. The monoisotopic (exact) mass is 318 g/mol. The summed E-state index contributed by atoms with van der Waals surface area (Å²) >= 11 is 0. The first-order chi connectivity index (χ1) is 11.8. The predicted octanol–water partition coefficient (Wildman–Crippen LogP) is 2.79. The average molecular weight is 318 g/mol. The quantitative estimate of drug-likeness (QED) is 0.759. The number of carbonyl (C=O) groups is 1. The van der Waals surface area contributed by atoms with Crippen LogP contribution in [0, 0.1) is 0 Å². The zero-order valence-corrected chi connectivity index (χ0v) is 13.2. The van der Waals surface area contributed by atoms with Crippen molar-refractivity contribution < 1.29 is 4.79 Å². The summed E-state index contributed by atoms with van der Waals surface area (Å²) < 4.78 is 0. The molecule has 3 aromatic heterocycles. The molecule has 24 heavy (non-hydrogen) atoms. The average Bonchev–Trinajstić information content (AvgIpc) is 2.67. The van der Waals surface area contributed by atoms with Crippen molar-refractivity contribution >= 4 is 5.91 Å². The van der Waals surface area contributed by atoms with E-state index in [0.29, 0.717) is 19.4 Å². The van der Waals surface area contributed by atoms with E-state index in [1.54, 1.807) is 24.8 Å². The number of aryl methyl sites for hydroxylation is 1. The number of aromatic nitrogens is 3. The highest BCUT2D eigenvalue weighted by Gasteiger charge is 2.04. The van der Waals surface area contributed by atoms with Gasteiger partial charge in [0.25, 0.3) is 0 Å². The SMILES string of the molecule is O=C(CCc1ccncc1)NCc1ccc(-c2ccccn2)nc1. The van der Waals surface area contributed by atoms with Gasteiger partial charge in [-0.25, -0.2) is 0 Å². The van der Waals surface area contributed by atoms with E-state index in [0.717, 1.165) is 22.5 Å². The van der Waals surface area contributed by atoms with Crippen LogP contribution in [0.1, 0.15) is 17.5 Å². The molecule has 0 aliphatic carbocycles. The first-order valence-corrected chi connectivity index (χ1v) is 7.83. The Morgan fingerprint density at radius 1 is 0.875 bits per heavy atom. The standard InChI is InChI=1S/C19H18N4O/c24-19(7-5-15-8-11-20-12-9-15)23-14-16-4-6-18(22-13-16)17-3-1-2-10-21-17/h1-4,6,8-13H,5,7,14H2,(H,23,24). The molecule has 3 heterocycles. The van der Waals surface area contributed by atoms with Gasteiger partial charge in [-0.2, -0.15) is 0 Å². The predicted molar refractivity (Wildman–Crippen MR) is 91.9 cm³/mol. The molecule has 0 aliphatic heterocycles. The van der Waals surface area contributed by atoms with Crippen LogP contribution in [0.3, 0.4) is 0 Å². The van der Waals surface area contributed by atoms with Crippen LogP contribution in [0.25, 0.3) is 11.4 Å². The molecule has 0 unspecified atom stereocenters. The molecule has 0 radical (unpaired) electrons. The highest BCUT2D eigenvalue weighted by atomic mass is 16.1. The molecule has 0 saturated carbocycles. The van der Waals surface area contributed by atoms with Gasteiger partial charge in [-0.05, 0) is 47.9 Å². The maximum Gasteiger partial charge on any atom is 0.220 e. The largest absolute Gasteiger partial charge is 0.352 e. The number of hydrogen-bond donors (Lipinski definition) is 1. The van der Waals surface area contributed by atoms with Gasteiger partial charge in [0.2, 0.25) is 5.91 Å². The van der Waals surface area contributed by atoms with Crippen LogP contribution in [0.15, 0.2) is 67.3 Å². The van der Waals surface area contributed by atoms with Gasteiger partial charge in [0, 0.05) is 37.8 Å². The lowest BCUT2D eigenvalue weighted by Crippen LogP contribution is -2.23. The van der Waals surface area contributed by atoms with Crippen molar-refractivity contribution in [2.45, 2.75) is 19.4 Å². The van der Waals surface area contributed by atoms with Crippen LogP contribution >= 0.6 is 0 Å². The molecular weight excluding hydrogens is 300 g/mol. The maximum absolute atomic E-state index is 11.9. The second-order valence-corrected chi connectivity index (χ2v) is 5.40. The van der Waals surface area contributed by atoms with Crippen molar-refractivity contribution in [3.05, 3.63) is 78.4 Å². The number of carbonyl (C=O) groups excluding carboxylic acids is 1. The van der Waals surface area contributed by atoms with Gasteiger partial charge in [-0.3, -0.25) is 19.7 Å². The van der Waals surface area contributed by atoms with Crippen molar-refractivity contribution in [1.29, 1.82) is 0 Å². The number of nitrogens with one attached hydrogen (secondary N) is 1. The lowest BCUT2D eigenvalue weighted by atomic mass is 10.1. The van der Waals surface area contributed by atoms with E-state index in [1.165, 1.54) is 0 Å². The van der Waals surface area contributed by atoms with Gasteiger partial charge in [0.1, 0.15) is 0 Å². The summed E-state index contributed by atoms with van der Waals surface area (Å²) in [5.41, 5.74) is 3.74. The molecule has 1 amide bonds. The summed E-state index contributed by atoms with van der Waals surface area (Å²) in [6.07, 6.45) is 8.17. The molecule has 0 saturated heterocycles. The highest BCUT2D eigenvalue weighted by molar-refractivity contribution is 5.76. The van der Waals surface area contributed by atoms with E-state index in [2.05, 4.69) is 20.3 Å². The minimum atomic E-state index is 0.0283. The Labute approximate surface area is 140 Å². The first-order valence-electron chi connectivity index (χ1n) is 7.83. The fraction of sp³-hybridized carbons (Fsp3) is 0.158. The molecule has 0 aromatic carbocycles. The third-order valence-corrected chi connectivity index (χ3v) is 3.63. The Balaban J connectivity index is 1.49. The van der Waals surface area contributed by atoms with Gasteiger partial charge >= 0.3 is 0 Å². The maximum atomic E-state index is 11.9. The van der Waals surface area contributed by atoms with Crippen molar-refractivity contribution in [2.75, 3.05) is 0 Å². The van der Waals surface area contributed by atoms with Crippen LogP contribution in [0.5, 0.6) is 0 Å². The van der Waals surface area contributed by atoms with Gasteiger partial charge in [0.05, 0.1) is 11.4 Å². The number of rotatable bonds is 6. The topological polar surface area (TPSA) is 67.8 Å². The van der Waals surface area contributed by atoms with E-state index in [4.69, 9.17) is 0 Å². The zero-order valence-electron chi connectivity index (χ0n) is 13.2. The van der Waals surface area contributed by atoms with Gasteiger partial charge < -0.3 is 5.32 Å². The molecule has 3 aromatic rings. The van der Waals surface area contributed by atoms with Gasteiger partial charge in [-0.15, -0.1) is 0 Å². The number of nitrogens with zero attached hydrogens (tertiary/aromatic N) is 3. The van der Waals surface area contributed by atoms with E-state index >= 15 is 0 Å². The highest BCUT2D eigenvalue weighted by Crippen LogP contribution is 2.13. The molecule has 120 valence electrons. The summed E-state index contributed by atoms with van der Waals surface area (Å²) in [4.78, 5) is 24.6. The molecule has 0 fully saturated rings. The summed E-state index contributed by atoms with van der Waals surface area (Å²) in [7, 11) is 0.